The van der Waals surface area contributed by atoms with Crippen molar-refractivity contribution in [2.75, 3.05) is 26.4 Å². The van der Waals surface area contributed by atoms with Crippen LogP contribution in [0.1, 0.15) is 213 Å². The van der Waals surface area contributed by atoms with Crippen molar-refractivity contribution in [2.24, 2.45) is 0 Å². The van der Waals surface area contributed by atoms with Crippen LogP contribution in [0.2, 0.25) is 0 Å². The van der Waals surface area contributed by atoms with Crippen LogP contribution >= 0.6 is 7.82 Å². The van der Waals surface area contributed by atoms with Crippen molar-refractivity contribution in [3.05, 3.63) is 97.2 Å². The van der Waals surface area contributed by atoms with Gasteiger partial charge < -0.3 is 24.2 Å². The lowest BCUT2D eigenvalue weighted by molar-refractivity contribution is -0.161. The second-order valence-corrected chi connectivity index (χ2v) is 19.1. The van der Waals surface area contributed by atoms with Gasteiger partial charge in [0.25, 0.3) is 0 Å². The molecule has 2 N–H and O–H groups in total. The van der Waals surface area contributed by atoms with Crippen molar-refractivity contribution in [1.29, 1.82) is 0 Å². The molecule has 11 nitrogen and oxygen atoms in total. The summed E-state index contributed by atoms with van der Waals surface area (Å²) in [6.07, 6.45) is 59.4. The fourth-order valence-corrected chi connectivity index (χ4v) is 7.67. The Balaban J connectivity index is 4.83. The minimum Gasteiger partial charge on any atom is -0.462 e. The summed E-state index contributed by atoms with van der Waals surface area (Å²) in [6, 6.07) is 0. The molecular weight excluding hydrogens is 904 g/mol. The number of allylic oxidation sites excluding steroid dienone is 16. The summed E-state index contributed by atoms with van der Waals surface area (Å²) in [5.41, 5.74) is 0. The van der Waals surface area contributed by atoms with Crippen LogP contribution < -0.4 is 0 Å². The third-order valence-electron chi connectivity index (χ3n) is 11.0. The van der Waals surface area contributed by atoms with Gasteiger partial charge in [-0.05, 0) is 116 Å². The molecule has 0 spiro atoms. The summed E-state index contributed by atoms with van der Waals surface area (Å²) in [4.78, 5) is 48.4. The Morgan fingerprint density at radius 2 is 0.743 bits per heavy atom. The molecule has 400 valence electrons. The number of unbranched alkanes of at least 4 members (excludes halogenated alkanes) is 16. The van der Waals surface area contributed by atoms with Gasteiger partial charge in [-0.15, -0.1) is 0 Å². The number of hydrogen-bond acceptors (Lipinski definition) is 10. The van der Waals surface area contributed by atoms with E-state index < -0.39 is 57.8 Å². The standard InChI is InChI=1S/C58H97O11P/c1-4-7-10-13-16-19-22-25-26-27-28-31-34-37-40-43-46-49-58(62)69-55(51-65-56(60)47-44-41-38-35-32-29-23-20-17-14-11-8-5-2)53-67-70(63,64)66-52-54(50-59)68-57(61)48-45-42-39-36-33-30-24-21-18-15-12-9-6-3/h7,9-10,12,16,18-21,23,25-26,28,30-31,33,54-55,59H,4-6,8,11,13-15,17,22,24,27,29,32,34-53H2,1-3H3,(H,63,64)/b10-7-,12-9-,19-16-,21-18-,23-20-,26-25-,31-28-,33-30-. The van der Waals surface area contributed by atoms with E-state index in [1.165, 1.54) is 25.7 Å². The van der Waals surface area contributed by atoms with E-state index in [0.717, 1.165) is 128 Å². The lowest BCUT2D eigenvalue weighted by atomic mass is 10.1. The zero-order valence-electron chi connectivity index (χ0n) is 43.9. The third kappa shape index (κ3) is 49.4. The number of aliphatic hydroxyl groups excluding tert-OH is 1. The zero-order valence-corrected chi connectivity index (χ0v) is 44.8. The molecule has 3 atom stereocenters. The maximum Gasteiger partial charge on any atom is 0.472 e. The van der Waals surface area contributed by atoms with E-state index in [1.54, 1.807) is 0 Å². The molecule has 70 heavy (non-hydrogen) atoms. The van der Waals surface area contributed by atoms with Crippen LogP contribution in [0.5, 0.6) is 0 Å². The number of esters is 3. The molecular formula is C58H97O11P. The lowest BCUT2D eigenvalue weighted by Crippen LogP contribution is -2.30. The zero-order chi connectivity index (χ0) is 51.3. The molecule has 0 heterocycles. The Labute approximate surface area is 425 Å². The number of carbonyl (C=O) groups excluding carboxylic acids is 3. The fourth-order valence-electron chi connectivity index (χ4n) is 6.88. The molecule has 0 aromatic rings. The number of hydrogen-bond donors (Lipinski definition) is 2. The van der Waals surface area contributed by atoms with E-state index in [0.29, 0.717) is 19.3 Å². The van der Waals surface area contributed by atoms with Gasteiger partial charge in [0.05, 0.1) is 19.8 Å². The van der Waals surface area contributed by atoms with Crippen LogP contribution in [0.4, 0.5) is 0 Å². The van der Waals surface area contributed by atoms with E-state index in [1.807, 2.05) is 0 Å². The summed E-state index contributed by atoms with van der Waals surface area (Å²) in [5.74, 6) is -1.54. The van der Waals surface area contributed by atoms with Crippen molar-refractivity contribution in [3.63, 3.8) is 0 Å². The van der Waals surface area contributed by atoms with Gasteiger partial charge in [0, 0.05) is 19.3 Å². The van der Waals surface area contributed by atoms with Gasteiger partial charge in [-0.3, -0.25) is 23.4 Å². The second kappa shape index (κ2) is 51.7. The summed E-state index contributed by atoms with van der Waals surface area (Å²) < 4.78 is 39.4. The Morgan fingerprint density at radius 1 is 0.414 bits per heavy atom. The highest BCUT2D eigenvalue weighted by molar-refractivity contribution is 7.47. The van der Waals surface area contributed by atoms with Crippen LogP contribution in [0, 0.1) is 0 Å². The van der Waals surface area contributed by atoms with Crippen LogP contribution in [0.15, 0.2) is 97.2 Å². The molecule has 0 saturated carbocycles. The van der Waals surface area contributed by atoms with Gasteiger partial charge in [-0.1, -0.05) is 176 Å². The first-order valence-electron chi connectivity index (χ1n) is 27.1. The van der Waals surface area contributed by atoms with E-state index in [4.69, 9.17) is 23.3 Å². The summed E-state index contributed by atoms with van der Waals surface area (Å²) in [6.45, 7) is 4.31. The molecule has 3 unspecified atom stereocenters. The minimum absolute atomic E-state index is 0.131. The Hall–Kier alpha value is -3.60. The summed E-state index contributed by atoms with van der Waals surface area (Å²) >= 11 is 0. The highest BCUT2D eigenvalue weighted by atomic mass is 31.2. The number of rotatable bonds is 49. The lowest BCUT2D eigenvalue weighted by Gasteiger charge is -2.21. The van der Waals surface area contributed by atoms with E-state index in [9.17, 15) is 28.9 Å². The fraction of sp³-hybridized carbons (Fsp3) is 0.672. The molecule has 0 saturated heterocycles. The van der Waals surface area contributed by atoms with E-state index >= 15 is 0 Å². The van der Waals surface area contributed by atoms with Gasteiger partial charge in [-0.25, -0.2) is 4.57 Å². The van der Waals surface area contributed by atoms with Crippen molar-refractivity contribution in [3.8, 4) is 0 Å². The van der Waals surface area contributed by atoms with Crippen molar-refractivity contribution in [1.82, 2.24) is 0 Å². The van der Waals surface area contributed by atoms with Crippen LogP contribution in [-0.4, -0.2) is 66.5 Å². The molecule has 0 radical (unpaired) electrons. The highest BCUT2D eigenvalue weighted by Crippen LogP contribution is 2.43. The van der Waals surface area contributed by atoms with Crippen LogP contribution in [0.25, 0.3) is 0 Å². The number of carbonyl (C=O) groups is 3. The van der Waals surface area contributed by atoms with E-state index in [-0.39, 0.29) is 25.9 Å². The normalized spacial score (nSPS) is 14.2. The number of phosphoric ester groups is 1. The van der Waals surface area contributed by atoms with Crippen LogP contribution in [0.3, 0.4) is 0 Å². The minimum atomic E-state index is -4.76. The van der Waals surface area contributed by atoms with Gasteiger partial charge in [0.1, 0.15) is 12.7 Å². The smallest absolute Gasteiger partial charge is 0.462 e. The predicted octanol–water partition coefficient (Wildman–Crippen LogP) is 15.7. The predicted molar refractivity (Wildman–Crippen MR) is 288 cm³/mol. The maximum atomic E-state index is 12.9. The van der Waals surface area contributed by atoms with Crippen molar-refractivity contribution < 1.29 is 52.2 Å². The maximum absolute atomic E-state index is 12.9. The number of phosphoric acid groups is 1. The first-order chi connectivity index (χ1) is 34.2. The van der Waals surface area contributed by atoms with Gasteiger partial charge >= 0.3 is 25.7 Å². The molecule has 0 aliphatic carbocycles. The quantitative estimate of drug-likeness (QED) is 0.0197. The average Bonchev–Trinajstić information content (AvgIpc) is 3.35. The van der Waals surface area contributed by atoms with Gasteiger partial charge in [-0.2, -0.15) is 0 Å². The SMILES string of the molecule is CC/C=C\C/C=C\C/C=C\C/C=C\CCCCCCC(=O)OC(COC(=O)CCCCCCC/C=C\CCCCCC)COP(=O)(O)OCC(CO)OC(=O)CCCCC/C=C\C/C=C\C/C=C\CC. The molecule has 0 aliphatic heterocycles. The highest BCUT2D eigenvalue weighted by Gasteiger charge is 2.28. The molecule has 12 heteroatoms. The Morgan fingerprint density at radius 3 is 1.17 bits per heavy atom. The topological polar surface area (TPSA) is 155 Å². The number of ether oxygens (including phenoxy) is 3. The Bertz CT molecular complexity index is 1540. The van der Waals surface area contributed by atoms with Crippen molar-refractivity contribution in [2.45, 2.75) is 226 Å². The second-order valence-electron chi connectivity index (χ2n) is 17.6. The Kier molecular flexibility index (Phi) is 49.1. The molecule has 0 aromatic carbocycles. The molecule has 0 aromatic heterocycles. The summed E-state index contributed by atoms with van der Waals surface area (Å²) in [7, 11) is -4.76. The molecule has 0 fully saturated rings. The van der Waals surface area contributed by atoms with Gasteiger partial charge in [0.15, 0.2) is 6.10 Å². The van der Waals surface area contributed by atoms with Crippen LogP contribution in [-0.2, 0) is 42.2 Å². The first-order valence-corrected chi connectivity index (χ1v) is 28.6. The van der Waals surface area contributed by atoms with Crippen molar-refractivity contribution >= 4 is 25.7 Å². The van der Waals surface area contributed by atoms with E-state index in [2.05, 4.69) is 118 Å². The molecule has 0 bridgehead atoms. The number of aliphatic hydroxyl groups is 1. The average molecular weight is 1000 g/mol. The third-order valence-corrected chi connectivity index (χ3v) is 11.9. The molecule has 0 aliphatic rings. The molecule has 0 rings (SSSR count). The molecule has 0 amide bonds. The first kappa shape index (κ1) is 66.4. The largest absolute Gasteiger partial charge is 0.472 e. The monoisotopic (exact) mass is 1000 g/mol. The summed E-state index contributed by atoms with van der Waals surface area (Å²) in [5, 5.41) is 9.78. The van der Waals surface area contributed by atoms with Gasteiger partial charge in [0.2, 0.25) is 0 Å².